The molecule has 0 atom stereocenters. The summed E-state index contributed by atoms with van der Waals surface area (Å²) in [5, 5.41) is 2.70. The number of hydrogen-bond donors (Lipinski definition) is 1. The van der Waals surface area contributed by atoms with E-state index in [4.69, 9.17) is 14.2 Å². The van der Waals surface area contributed by atoms with Crippen LogP contribution in [0, 0.1) is 0 Å². The van der Waals surface area contributed by atoms with Crippen molar-refractivity contribution in [2.45, 2.75) is 13.8 Å². The first kappa shape index (κ1) is 12.5. The number of fused-ring (bicyclic) bond motifs is 2. The first-order valence-corrected chi connectivity index (χ1v) is 6.14. The molecule has 6 heteroatoms. The van der Waals surface area contributed by atoms with E-state index in [1.54, 1.807) is 12.1 Å². The Morgan fingerprint density at radius 2 is 1.75 bits per heavy atom. The highest BCUT2D eigenvalue weighted by Gasteiger charge is 2.27. The fourth-order valence-corrected chi connectivity index (χ4v) is 2.22. The van der Waals surface area contributed by atoms with E-state index in [1.165, 1.54) is 13.8 Å². The van der Waals surface area contributed by atoms with Gasteiger partial charge in [0.1, 0.15) is 12.4 Å². The van der Waals surface area contributed by atoms with E-state index in [9.17, 15) is 9.59 Å². The number of ketones is 1. The first-order valence-electron chi connectivity index (χ1n) is 6.14. The molecule has 6 nitrogen and oxygen atoms in total. The highest BCUT2D eigenvalue weighted by Crippen LogP contribution is 2.42. The van der Waals surface area contributed by atoms with Gasteiger partial charge in [0.25, 0.3) is 0 Å². The molecule has 0 saturated carbocycles. The summed E-state index contributed by atoms with van der Waals surface area (Å²) in [5.41, 5.74) is 1.54. The fourth-order valence-electron chi connectivity index (χ4n) is 2.22. The third kappa shape index (κ3) is 1.99. The van der Waals surface area contributed by atoms with Crippen molar-refractivity contribution in [2.24, 2.45) is 0 Å². The van der Waals surface area contributed by atoms with Gasteiger partial charge in [-0.3, -0.25) is 9.59 Å². The zero-order chi connectivity index (χ0) is 14.3. The molecule has 0 saturated heterocycles. The van der Waals surface area contributed by atoms with Gasteiger partial charge in [0.2, 0.25) is 12.7 Å². The number of nitrogens with one attached hydrogen (secondary N) is 1. The van der Waals surface area contributed by atoms with Crippen LogP contribution in [0.25, 0.3) is 5.70 Å². The Balaban J connectivity index is 2.15. The molecule has 0 fully saturated rings. The Kier molecular flexibility index (Phi) is 2.85. The quantitative estimate of drug-likeness (QED) is 0.879. The number of benzene rings is 1. The Morgan fingerprint density at radius 1 is 1.05 bits per heavy atom. The van der Waals surface area contributed by atoms with Crippen molar-refractivity contribution in [1.29, 1.82) is 0 Å². The number of amides is 1. The highest BCUT2D eigenvalue weighted by atomic mass is 16.7. The summed E-state index contributed by atoms with van der Waals surface area (Å²) in [4.78, 5) is 23.1. The molecule has 2 aliphatic heterocycles. The summed E-state index contributed by atoms with van der Waals surface area (Å²) in [7, 11) is 0. The second-order valence-electron chi connectivity index (χ2n) is 4.58. The molecule has 0 radical (unpaired) electrons. The maximum Gasteiger partial charge on any atom is 0.231 e. The topological polar surface area (TPSA) is 73.9 Å². The lowest BCUT2D eigenvalue weighted by molar-refractivity contribution is -0.117. The van der Waals surface area contributed by atoms with E-state index in [1.807, 2.05) is 0 Å². The monoisotopic (exact) mass is 275 g/mol. The average molecular weight is 275 g/mol. The maximum absolute atomic E-state index is 11.7. The summed E-state index contributed by atoms with van der Waals surface area (Å²) in [5.74, 6) is 1.33. The summed E-state index contributed by atoms with van der Waals surface area (Å²) >= 11 is 0. The normalized spacial score (nSPS) is 15.5. The minimum Gasteiger partial charge on any atom is -0.488 e. The molecular weight excluding hydrogens is 262 g/mol. The van der Waals surface area contributed by atoms with Gasteiger partial charge in [-0.15, -0.1) is 0 Å². The molecule has 1 N–H and O–H groups in total. The van der Waals surface area contributed by atoms with E-state index in [-0.39, 0.29) is 25.1 Å². The van der Waals surface area contributed by atoms with Gasteiger partial charge in [0, 0.05) is 18.6 Å². The summed E-state index contributed by atoms with van der Waals surface area (Å²) in [6.45, 7) is 3.11. The van der Waals surface area contributed by atoms with Crippen LogP contribution >= 0.6 is 0 Å². The average Bonchev–Trinajstić information content (AvgIpc) is 2.82. The molecule has 2 aliphatic rings. The predicted molar refractivity (Wildman–Crippen MR) is 69.5 cm³/mol. The molecule has 1 aromatic rings. The SMILES string of the molecule is CC(=O)NC1=C(C(C)=O)COc2cc3c(cc21)OCO3. The molecule has 0 spiro atoms. The van der Waals surface area contributed by atoms with Crippen LogP contribution in [0.2, 0.25) is 0 Å². The van der Waals surface area contributed by atoms with Gasteiger partial charge in [-0.1, -0.05) is 0 Å². The van der Waals surface area contributed by atoms with Crippen molar-refractivity contribution in [3.8, 4) is 17.2 Å². The zero-order valence-electron chi connectivity index (χ0n) is 11.1. The molecule has 104 valence electrons. The molecule has 0 bridgehead atoms. The number of hydrogen-bond acceptors (Lipinski definition) is 5. The lowest BCUT2D eigenvalue weighted by Gasteiger charge is -2.23. The minimum atomic E-state index is -0.246. The van der Waals surface area contributed by atoms with Crippen LogP contribution in [0.4, 0.5) is 0 Å². The van der Waals surface area contributed by atoms with E-state index in [0.717, 1.165) is 0 Å². The Hall–Kier alpha value is -2.50. The third-order valence-electron chi connectivity index (χ3n) is 3.14. The second-order valence-corrected chi connectivity index (χ2v) is 4.58. The minimum absolute atomic E-state index is 0.123. The molecule has 0 unspecified atom stereocenters. The lowest BCUT2D eigenvalue weighted by atomic mass is 10.00. The van der Waals surface area contributed by atoms with Crippen LogP contribution < -0.4 is 19.5 Å². The van der Waals surface area contributed by atoms with E-state index >= 15 is 0 Å². The number of carbonyl (C=O) groups excluding carboxylic acids is 2. The fraction of sp³-hybridized carbons (Fsp3) is 0.286. The number of Topliss-reactive ketones (excluding diaryl/α,β-unsaturated/α-hetero) is 1. The molecule has 2 heterocycles. The summed E-state index contributed by atoms with van der Waals surface area (Å²) in [6.07, 6.45) is 0. The number of rotatable bonds is 2. The molecular formula is C14H13NO5. The first-order chi connectivity index (χ1) is 9.56. The molecule has 0 aromatic heterocycles. The summed E-state index contributed by atoms with van der Waals surface area (Å²) in [6, 6.07) is 3.42. The Labute approximate surface area is 115 Å². The third-order valence-corrected chi connectivity index (χ3v) is 3.14. The van der Waals surface area contributed by atoms with Crippen molar-refractivity contribution < 1.29 is 23.8 Å². The van der Waals surface area contributed by atoms with Gasteiger partial charge in [-0.05, 0) is 13.0 Å². The largest absolute Gasteiger partial charge is 0.488 e. The van der Waals surface area contributed by atoms with Crippen LogP contribution in [0.5, 0.6) is 17.2 Å². The van der Waals surface area contributed by atoms with Crippen molar-refractivity contribution >= 4 is 17.4 Å². The van der Waals surface area contributed by atoms with Gasteiger partial charge in [-0.2, -0.15) is 0 Å². The molecule has 0 aliphatic carbocycles. The van der Waals surface area contributed by atoms with Gasteiger partial charge < -0.3 is 19.5 Å². The van der Waals surface area contributed by atoms with E-state index < -0.39 is 0 Å². The predicted octanol–water partition coefficient (Wildman–Crippen LogP) is 1.24. The standard InChI is InChI=1S/C14H13NO5/c1-7(16)10-5-18-11-4-13-12(19-6-20-13)3-9(11)14(10)15-8(2)17/h3-4H,5-6H2,1-2H3,(H,15,17). The van der Waals surface area contributed by atoms with Crippen molar-refractivity contribution in [3.05, 3.63) is 23.3 Å². The molecule has 1 amide bonds. The van der Waals surface area contributed by atoms with Crippen LogP contribution in [0.1, 0.15) is 19.4 Å². The van der Waals surface area contributed by atoms with Crippen LogP contribution in [0.15, 0.2) is 17.7 Å². The van der Waals surface area contributed by atoms with Crippen molar-refractivity contribution in [2.75, 3.05) is 13.4 Å². The van der Waals surface area contributed by atoms with E-state index in [0.29, 0.717) is 34.1 Å². The summed E-state index contributed by atoms with van der Waals surface area (Å²) < 4.78 is 16.2. The Bertz CT molecular complexity index is 647. The van der Waals surface area contributed by atoms with Crippen LogP contribution in [-0.4, -0.2) is 25.1 Å². The van der Waals surface area contributed by atoms with Gasteiger partial charge in [-0.25, -0.2) is 0 Å². The van der Waals surface area contributed by atoms with Gasteiger partial charge >= 0.3 is 0 Å². The van der Waals surface area contributed by atoms with Crippen LogP contribution in [0.3, 0.4) is 0 Å². The smallest absolute Gasteiger partial charge is 0.231 e. The highest BCUT2D eigenvalue weighted by molar-refractivity contribution is 6.04. The number of ether oxygens (including phenoxy) is 3. The van der Waals surface area contributed by atoms with Gasteiger partial charge in [0.05, 0.1) is 11.3 Å². The van der Waals surface area contributed by atoms with Crippen molar-refractivity contribution in [1.82, 2.24) is 5.32 Å². The zero-order valence-corrected chi connectivity index (χ0v) is 11.1. The molecule has 20 heavy (non-hydrogen) atoms. The maximum atomic E-state index is 11.7. The van der Waals surface area contributed by atoms with Crippen LogP contribution in [-0.2, 0) is 9.59 Å². The van der Waals surface area contributed by atoms with E-state index in [2.05, 4.69) is 5.32 Å². The lowest BCUT2D eigenvalue weighted by Crippen LogP contribution is -2.27. The Morgan fingerprint density at radius 3 is 2.40 bits per heavy atom. The van der Waals surface area contributed by atoms with Gasteiger partial charge in [0.15, 0.2) is 17.3 Å². The molecule has 3 rings (SSSR count). The number of carbonyl (C=O) groups is 2. The molecule has 1 aromatic carbocycles. The van der Waals surface area contributed by atoms with Crippen molar-refractivity contribution in [3.63, 3.8) is 0 Å². The second kappa shape index (κ2) is 4.56.